The highest BCUT2D eigenvalue weighted by molar-refractivity contribution is 5.87. The molecule has 0 aliphatic heterocycles. The van der Waals surface area contributed by atoms with Crippen molar-refractivity contribution in [1.82, 2.24) is 16.0 Å². The summed E-state index contributed by atoms with van der Waals surface area (Å²) in [5.41, 5.74) is 9.95. The molecule has 5 aromatic carbocycles. The van der Waals surface area contributed by atoms with Gasteiger partial charge in [0.15, 0.2) is 0 Å². The number of methoxy groups -OCH3 is 1. The van der Waals surface area contributed by atoms with Gasteiger partial charge < -0.3 is 40.6 Å². The number of ether oxygens (including phenoxy) is 4. The van der Waals surface area contributed by atoms with Crippen molar-refractivity contribution in [2.75, 3.05) is 27.7 Å². The Labute approximate surface area is 355 Å². The summed E-state index contributed by atoms with van der Waals surface area (Å²) in [4.78, 5) is 39.6. The number of hydrogen-bond acceptors (Lipinski definition) is 10. The van der Waals surface area contributed by atoms with E-state index >= 15 is 0 Å². The maximum atomic E-state index is 14.5. The number of benzene rings is 5. The standard InChI is InChI=1S/C46H47F5N4O7/c1-53-20-10-15-33(52)44(56)55-35(45(57)59-3)24-32-22-30(17-19-37(32)61-26-28-13-8-5-9-14-28)29-16-18-36(60-25-27-11-6-4-7-12-27)31(21-29)23-34(54-2)46(58)62-43-41(50)39(48)38(47)40(49)42(43)51/h4-9,11-14,16-19,21-22,33-35,53-54H,10,15,20,23-26,52H2,1-3H3,(H,55,56)/t33?,34-,35-/m0/s1. The van der Waals surface area contributed by atoms with E-state index in [2.05, 4.69) is 16.0 Å². The van der Waals surface area contributed by atoms with E-state index in [1.165, 1.54) is 14.2 Å². The van der Waals surface area contributed by atoms with Gasteiger partial charge >= 0.3 is 11.9 Å². The Kier molecular flexibility index (Phi) is 16.9. The molecule has 0 aliphatic carbocycles. The van der Waals surface area contributed by atoms with Gasteiger partial charge in [-0.05, 0) is 91.1 Å². The van der Waals surface area contributed by atoms with Crippen LogP contribution in [0.15, 0.2) is 97.1 Å². The molecule has 5 aromatic rings. The highest BCUT2D eigenvalue weighted by Crippen LogP contribution is 2.34. The van der Waals surface area contributed by atoms with Crippen molar-refractivity contribution < 1.29 is 55.3 Å². The second-order valence-corrected chi connectivity index (χ2v) is 14.2. The third kappa shape index (κ3) is 12.1. The second-order valence-electron chi connectivity index (χ2n) is 14.2. The van der Waals surface area contributed by atoms with Crippen molar-refractivity contribution >= 4 is 17.8 Å². The number of carbonyl (C=O) groups is 3. The van der Waals surface area contributed by atoms with Crippen molar-refractivity contribution in [2.24, 2.45) is 5.73 Å². The molecule has 0 spiro atoms. The summed E-state index contributed by atoms with van der Waals surface area (Å²) < 4.78 is 93.0. The van der Waals surface area contributed by atoms with E-state index in [1.54, 1.807) is 43.4 Å². The van der Waals surface area contributed by atoms with Crippen LogP contribution in [-0.2, 0) is 45.2 Å². The Bertz CT molecular complexity index is 2290. The van der Waals surface area contributed by atoms with Gasteiger partial charge in [0.1, 0.15) is 36.8 Å². The summed E-state index contributed by atoms with van der Waals surface area (Å²) in [6.07, 6.45) is 0.709. The molecule has 0 bridgehead atoms. The number of nitrogens with two attached hydrogens (primary N) is 1. The van der Waals surface area contributed by atoms with Crippen molar-refractivity contribution in [3.05, 3.63) is 148 Å². The zero-order valence-corrected chi connectivity index (χ0v) is 34.2. The molecule has 11 nitrogen and oxygen atoms in total. The molecule has 5 N–H and O–H groups in total. The number of esters is 2. The van der Waals surface area contributed by atoms with E-state index in [0.717, 1.165) is 11.1 Å². The minimum atomic E-state index is -2.40. The SMILES string of the molecule is CNCCCC(N)C(=O)N[C@@H](Cc1cc(-c2ccc(OCc3ccccc3)c(C[C@H](NC)C(=O)Oc3c(F)c(F)c(F)c(F)c3F)c2)ccc1OCc1ccccc1)C(=O)OC. The lowest BCUT2D eigenvalue weighted by molar-refractivity contribution is -0.145. The molecule has 0 radical (unpaired) electrons. The highest BCUT2D eigenvalue weighted by Gasteiger charge is 2.31. The largest absolute Gasteiger partial charge is 0.489 e. The highest BCUT2D eigenvalue weighted by atomic mass is 19.2. The zero-order chi connectivity index (χ0) is 44.8. The first-order valence-corrected chi connectivity index (χ1v) is 19.6. The minimum Gasteiger partial charge on any atom is -0.489 e. The minimum absolute atomic E-state index is 0.0594. The van der Waals surface area contributed by atoms with Crippen molar-refractivity contribution in [1.29, 1.82) is 0 Å². The van der Waals surface area contributed by atoms with Crippen LogP contribution in [0, 0.1) is 29.1 Å². The molecule has 0 aromatic heterocycles. The molecule has 62 heavy (non-hydrogen) atoms. The molecular formula is C46H47F5N4O7. The lowest BCUT2D eigenvalue weighted by Gasteiger charge is -2.22. The Morgan fingerprint density at radius 1 is 0.645 bits per heavy atom. The third-order valence-corrected chi connectivity index (χ3v) is 9.86. The van der Waals surface area contributed by atoms with Gasteiger partial charge in [0, 0.05) is 12.8 Å². The van der Waals surface area contributed by atoms with Crippen LogP contribution < -0.4 is 35.9 Å². The number of hydrogen-bond donors (Lipinski definition) is 4. The lowest BCUT2D eigenvalue weighted by Crippen LogP contribution is -2.49. The van der Waals surface area contributed by atoms with Gasteiger partial charge in [-0.15, -0.1) is 0 Å². The van der Waals surface area contributed by atoms with Crippen LogP contribution in [0.3, 0.4) is 0 Å². The Hall–Kier alpha value is -6.36. The van der Waals surface area contributed by atoms with Gasteiger partial charge in [-0.1, -0.05) is 72.8 Å². The van der Waals surface area contributed by atoms with Crippen LogP contribution in [0.5, 0.6) is 17.2 Å². The van der Waals surface area contributed by atoms with Crippen LogP contribution in [0.25, 0.3) is 11.1 Å². The summed E-state index contributed by atoms with van der Waals surface area (Å²) in [5, 5.41) is 8.42. The first kappa shape index (κ1) is 46.7. The molecule has 1 unspecified atom stereocenters. The van der Waals surface area contributed by atoms with Gasteiger partial charge in [-0.2, -0.15) is 8.78 Å². The molecule has 328 valence electrons. The maximum Gasteiger partial charge on any atom is 0.329 e. The molecule has 0 aliphatic rings. The molecule has 0 heterocycles. The van der Waals surface area contributed by atoms with Gasteiger partial charge in [0.2, 0.25) is 40.7 Å². The third-order valence-electron chi connectivity index (χ3n) is 9.86. The average Bonchev–Trinajstić information content (AvgIpc) is 3.29. The van der Waals surface area contributed by atoms with Gasteiger partial charge in [0.05, 0.1) is 13.2 Å². The first-order valence-electron chi connectivity index (χ1n) is 19.6. The summed E-state index contributed by atoms with van der Waals surface area (Å²) in [5.74, 6) is -15.1. The van der Waals surface area contributed by atoms with Crippen LogP contribution >= 0.6 is 0 Å². The fourth-order valence-electron chi connectivity index (χ4n) is 6.42. The summed E-state index contributed by atoms with van der Waals surface area (Å²) >= 11 is 0. The van der Waals surface area contributed by atoms with E-state index in [1.807, 2.05) is 60.7 Å². The van der Waals surface area contributed by atoms with Crippen LogP contribution in [0.4, 0.5) is 22.0 Å². The summed E-state index contributed by atoms with van der Waals surface area (Å²) in [6, 6.07) is 25.5. The maximum absolute atomic E-state index is 14.5. The van der Waals surface area contributed by atoms with Crippen molar-refractivity contribution in [3.8, 4) is 28.4 Å². The van der Waals surface area contributed by atoms with E-state index in [4.69, 9.17) is 24.7 Å². The Morgan fingerprint density at radius 2 is 1.13 bits per heavy atom. The molecule has 0 saturated heterocycles. The number of carbonyl (C=O) groups excluding carboxylic acids is 3. The van der Waals surface area contributed by atoms with Crippen LogP contribution in [0.2, 0.25) is 0 Å². The first-order chi connectivity index (χ1) is 29.8. The number of amides is 1. The zero-order valence-electron chi connectivity index (χ0n) is 34.2. The van der Waals surface area contributed by atoms with E-state index in [0.29, 0.717) is 53.1 Å². The van der Waals surface area contributed by atoms with Gasteiger partial charge in [0.25, 0.3) is 0 Å². The predicted molar refractivity (Wildman–Crippen MR) is 221 cm³/mol. The van der Waals surface area contributed by atoms with E-state index in [-0.39, 0.29) is 26.1 Å². The molecular weight excluding hydrogens is 816 g/mol. The summed E-state index contributed by atoms with van der Waals surface area (Å²) in [6.45, 7) is 0.947. The fourth-order valence-corrected chi connectivity index (χ4v) is 6.42. The Balaban J connectivity index is 1.51. The van der Waals surface area contributed by atoms with Crippen molar-refractivity contribution in [3.63, 3.8) is 0 Å². The molecule has 16 heteroatoms. The number of rotatable bonds is 21. The van der Waals surface area contributed by atoms with Crippen LogP contribution in [-0.4, -0.2) is 63.7 Å². The van der Waals surface area contributed by atoms with Crippen molar-refractivity contribution in [2.45, 2.75) is 57.0 Å². The number of halogens is 5. The topological polar surface area (TPSA) is 150 Å². The molecule has 0 saturated carbocycles. The molecule has 0 fully saturated rings. The monoisotopic (exact) mass is 862 g/mol. The molecule has 3 atom stereocenters. The predicted octanol–water partition coefficient (Wildman–Crippen LogP) is 6.47. The smallest absolute Gasteiger partial charge is 0.329 e. The van der Waals surface area contributed by atoms with Crippen LogP contribution in [0.1, 0.15) is 35.1 Å². The van der Waals surface area contributed by atoms with E-state index < -0.39 is 70.8 Å². The lowest BCUT2D eigenvalue weighted by atomic mass is 9.95. The Morgan fingerprint density at radius 3 is 1.60 bits per heavy atom. The molecule has 1 amide bonds. The fraction of sp³-hybridized carbons (Fsp3) is 0.283. The quantitative estimate of drug-likeness (QED) is 0.0162. The van der Waals surface area contributed by atoms with E-state index in [9.17, 15) is 36.3 Å². The normalized spacial score (nSPS) is 12.5. The number of likely N-dealkylation sites (N-methyl/N-ethyl adjacent to an activating group) is 1. The second kappa shape index (κ2) is 22.5. The number of nitrogens with one attached hydrogen (secondary N) is 3. The van der Waals surface area contributed by atoms with Gasteiger partial charge in [-0.25, -0.2) is 22.8 Å². The summed E-state index contributed by atoms with van der Waals surface area (Å²) in [7, 11) is 4.34. The molecule has 5 rings (SSSR count). The van der Waals surface area contributed by atoms with Gasteiger partial charge in [-0.3, -0.25) is 4.79 Å². The average molecular weight is 863 g/mol.